The summed E-state index contributed by atoms with van der Waals surface area (Å²) in [6.07, 6.45) is 0. The van der Waals surface area contributed by atoms with Crippen molar-refractivity contribution >= 4 is 11.6 Å². The lowest BCUT2D eigenvalue weighted by atomic mass is 10.1. The predicted octanol–water partition coefficient (Wildman–Crippen LogP) is 4.21. The Hall–Kier alpha value is -3.28. The van der Waals surface area contributed by atoms with Crippen molar-refractivity contribution in [2.45, 2.75) is 20.4 Å². The number of aryl methyl sites for hydroxylation is 2. The number of hydrogen-bond donors (Lipinski definition) is 2. The van der Waals surface area contributed by atoms with Crippen LogP contribution in [0.5, 0.6) is 11.5 Å². The molecule has 146 valence electrons. The van der Waals surface area contributed by atoms with Gasteiger partial charge in [-0.25, -0.2) is 9.97 Å². The highest BCUT2D eigenvalue weighted by Crippen LogP contribution is 2.17. The molecule has 0 radical (unpaired) electrons. The van der Waals surface area contributed by atoms with E-state index in [1.54, 1.807) is 7.11 Å². The van der Waals surface area contributed by atoms with Gasteiger partial charge in [0.25, 0.3) is 0 Å². The molecule has 2 N–H and O–H groups in total. The van der Waals surface area contributed by atoms with Crippen LogP contribution in [0.25, 0.3) is 0 Å². The van der Waals surface area contributed by atoms with Crippen LogP contribution in [0.4, 0.5) is 11.6 Å². The lowest BCUT2D eigenvalue weighted by molar-refractivity contribution is 0.331. The summed E-state index contributed by atoms with van der Waals surface area (Å²) >= 11 is 0. The normalized spacial score (nSPS) is 10.4. The van der Waals surface area contributed by atoms with Gasteiger partial charge in [-0.05, 0) is 43.7 Å². The van der Waals surface area contributed by atoms with Crippen molar-refractivity contribution in [3.05, 3.63) is 71.5 Å². The molecule has 0 atom stereocenters. The lowest BCUT2D eigenvalue weighted by Crippen LogP contribution is -2.13. The Bertz CT molecular complexity index is 897. The zero-order chi connectivity index (χ0) is 19.8. The van der Waals surface area contributed by atoms with E-state index in [0.717, 1.165) is 29.7 Å². The second-order valence-electron chi connectivity index (χ2n) is 6.48. The van der Waals surface area contributed by atoms with Crippen molar-refractivity contribution < 1.29 is 9.47 Å². The average molecular weight is 378 g/mol. The first-order valence-electron chi connectivity index (χ1n) is 9.28. The quantitative estimate of drug-likeness (QED) is 0.544. The Balaban J connectivity index is 1.49. The third-order valence-corrected chi connectivity index (χ3v) is 4.13. The van der Waals surface area contributed by atoms with Gasteiger partial charge in [-0.3, -0.25) is 0 Å². The predicted molar refractivity (Wildman–Crippen MR) is 112 cm³/mol. The van der Waals surface area contributed by atoms with E-state index < -0.39 is 0 Å². The first-order chi connectivity index (χ1) is 13.6. The summed E-state index contributed by atoms with van der Waals surface area (Å²) in [7, 11) is 1.65. The van der Waals surface area contributed by atoms with E-state index in [9.17, 15) is 0 Å². The molecule has 0 saturated carbocycles. The van der Waals surface area contributed by atoms with Crippen LogP contribution >= 0.6 is 0 Å². The fraction of sp³-hybridized carbons (Fsp3) is 0.273. The summed E-state index contributed by atoms with van der Waals surface area (Å²) in [4.78, 5) is 8.89. The van der Waals surface area contributed by atoms with Gasteiger partial charge in [0.05, 0.1) is 13.7 Å². The Morgan fingerprint density at radius 2 is 1.57 bits per heavy atom. The molecule has 28 heavy (non-hydrogen) atoms. The monoisotopic (exact) mass is 378 g/mol. The van der Waals surface area contributed by atoms with E-state index >= 15 is 0 Å². The fourth-order valence-electron chi connectivity index (χ4n) is 2.78. The highest BCUT2D eigenvalue weighted by atomic mass is 16.5. The minimum Gasteiger partial charge on any atom is -0.497 e. The Kier molecular flexibility index (Phi) is 6.68. The topological polar surface area (TPSA) is 68.3 Å². The van der Waals surface area contributed by atoms with E-state index in [0.29, 0.717) is 19.0 Å². The minimum absolute atomic E-state index is 0.529. The van der Waals surface area contributed by atoms with Crippen molar-refractivity contribution in [1.82, 2.24) is 9.97 Å². The van der Waals surface area contributed by atoms with Crippen molar-refractivity contribution in [3.8, 4) is 11.5 Å². The first kappa shape index (κ1) is 19.5. The molecule has 1 heterocycles. The summed E-state index contributed by atoms with van der Waals surface area (Å²) in [5, 5.41) is 6.65. The molecular formula is C22H26N4O2. The highest BCUT2D eigenvalue weighted by molar-refractivity contribution is 5.48. The molecule has 0 unspecified atom stereocenters. The number of aromatic nitrogens is 2. The summed E-state index contributed by atoms with van der Waals surface area (Å²) < 4.78 is 10.9. The van der Waals surface area contributed by atoms with Gasteiger partial charge in [0, 0.05) is 12.6 Å². The van der Waals surface area contributed by atoms with Crippen LogP contribution in [0.3, 0.4) is 0 Å². The van der Waals surface area contributed by atoms with Gasteiger partial charge in [-0.15, -0.1) is 0 Å². The van der Waals surface area contributed by atoms with Crippen LogP contribution < -0.4 is 20.1 Å². The molecule has 0 aliphatic carbocycles. The molecule has 0 aliphatic rings. The van der Waals surface area contributed by atoms with Crippen molar-refractivity contribution in [3.63, 3.8) is 0 Å². The number of ether oxygens (including phenoxy) is 2. The average Bonchev–Trinajstić information content (AvgIpc) is 2.70. The molecule has 0 bridgehead atoms. The van der Waals surface area contributed by atoms with Crippen molar-refractivity contribution in [2.24, 2.45) is 0 Å². The number of benzene rings is 2. The second-order valence-corrected chi connectivity index (χ2v) is 6.48. The molecule has 6 nitrogen and oxygen atoms in total. The minimum atomic E-state index is 0.529. The lowest BCUT2D eigenvalue weighted by Gasteiger charge is -2.11. The van der Waals surface area contributed by atoms with Crippen LogP contribution in [0.15, 0.2) is 54.6 Å². The maximum Gasteiger partial charge on any atom is 0.132 e. The van der Waals surface area contributed by atoms with Gasteiger partial charge >= 0.3 is 0 Å². The van der Waals surface area contributed by atoms with Crippen LogP contribution in [0.1, 0.15) is 17.0 Å². The number of hydrogen-bond acceptors (Lipinski definition) is 6. The molecule has 1 aromatic heterocycles. The van der Waals surface area contributed by atoms with Crippen LogP contribution in [-0.2, 0) is 6.54 Å². The largest absolute Gasteiger partial charge is 0.497 e. The Morgan fingerprint density at radius 3 is 2.29 bits per heavy atom. The molecule has 3 rings (SSSR count). The third kappa shape index (κ3) is 5.87. The molecule has 0 amide bonds. The molecule has 0 spiro atoms. The van der Waals surface area contributed by atoms with Gasteiger partial charge in [0.15, 0.2) is 0 Å². The third-order valence-electron chi connectivity index (χ3n) is 4.13. The van der Waals surface area contributed by atoms with Gasteiger partial charge < -0.3 is 20.1 Å². The van der Waals surface area contributed by atoms with E-state index in [1.165, 1.54) is 11.1 Å². The number of anilines is 2. The summed E-state index contributed by atoms with van der Waals surface area (Å²) in [6, 6.07) is 17.9. The van der Waals surface area contributed by atoms with Crippen LogP contribution in [-0.4, -0.2) is 30.2 Å². The van der Waals surface area contributed by atoms with Gasteiger partial charge in [0.2, 0.25) is 0 Å². The summed E-state index contributed by atoms with van der Waals surface area (Å²) in [6.45, 7) is 5.87. The van der Waals surface area contributed by atoms with E-state index in [-0.39, 0.29) is 0 Å². The summed E-state index contributed by atoms with van der Waals surface area (Å²) in [5.41, 5.74) is 2.47. The zero-order valence-corrected chi connectivity index (χ0v) is 16.5. The molecule has 0 fully saturated rings. The van der Waals surface area contributed by atoms with E-state index in [1.807, 2.05) is 37.3 Å². The molecule has 2 aromatic carbocycles. The Morgan fingerprint density at radius 1 is 0.857 bits per heavy atom. The van der Waals surface area contributed by atoms with Crippen LogP contribution in [0.2, 0.25) is 0 Å². The number of nitrogens with one attached hydrogen (secondary N) is 2. The Labute approximate surface area is 166 Å². The van der Waals surface area contributed by atoms with E-state index in [4.69, 9.17) is 9.47 Å². The zero-order valence-electron chi connectivity index (χ0n) is 16.5. The maximum absolute atomic E-state index is 5.73. The summed E-state index contributed by atoms with van der Waals surface area (Å²) in [5.74, 6) is 3.91. The van der Waals surface area contributed by atoms with Gasteiger partial charge in [-0.2, -0.15) is 0 Å². The number of nitrogens with zero attached hydrogens (tertiary/aromatic N) is 2. The van der Waals surface area contributed by atoms with Gasteiger partial charge in [0.1, 0.15) is 35.6 Å². The molecule has 3 aromatic rings. The molecule has 0 saturated heterocycles. The fourth-order valence-corrected chi connectivity index (χ4v) is 2.78. The maximum atomic E-state index is 5.73. The molecular weight excluding hydrogens is 352 g/mol. The molecule has 0 aliphatic heterocycles. The van der Waals surface area contributed by atoms with E-state index in [2.05, 4.69) is 51.8 Å². The van der Waals surface area contributed by atoms with Gasteiger partial charge in [-0.1, -0.05) is 29.8 Å². The molecule has 6 heteroatoms. The first-order valence-corrected chi connectivity index (χ1v) is 9.28. The SMILES string of the molecule is COc1ccc(OCCNc2cc(NCc3cccc(C)c3)nc(C)n2)cc1. The van der Waals surface area contributed by atoms with Crippen LogP contribution in [0, 0.1) is 13.8 Å². The van der Waals surface area contributed by atoms with Crippen molar-refractivity contribution in [1.29, 1.82) is 0 Å². The smallest absolute Gasteiger partial charge is 0.132 e. The number of methoxy groups -OCH3 is 1. The highest BCUT2D eigenvalue weighted by Gasteiger charge is 2.03. The number of rotatable bonds is 9. The second kappa shape index (κ2) is 9.60. The standard InChI is InChI=1S/C22H26N4O2/c1-16-5-4-6-18(13-16)15-24-22-14-21(25-17(2)26-22)23-11-12-28-20-9-7-19(27-3)8-10-20/h4-10,13-14H,11-12,15H2,1-3H3,(H2,23,24,25,26). The van der Waals surface area contributed by atoms with Crippen molar-refractivity contribution in [2.75, 3.05) is 30.9 Å².